The van der Waals surface area contributed by atoms with Gasteiger partial charge in [-0.25, -0.2) is 4.98 Å². The predicted octanol–water partition coefficient (Wildman–Crippen LogP) is 0.884. The first-order valence-electron chi connectivity index (χ1n) is 6.71. The molecule has 0 amide bonds. The molecule has 0 bridgehead atoms. The maximum Gasteiger partial charge on any atom is 0.111 e. The Bertz CT molecular complexity index is 358. The van der Waals surface area contributed by atoms with Gasteiger partial charge in [0, 0.05) is 32.2 Å². The Morgan fingerprint density at radius 1 is 1.61 bits per heavy atom. The first-order valence-corrected chi connectivity index (χ1v) is 6.71. The quantitative estimate of drug-likeness (QED) is 0.845. The van der Waals surface area contributed by atoms with Gasteiger partial charge >= 0.3 is 0 Å². The van der Waals surface area contributed by atoms with Crippen LogP contribution in [0.4, 0.5) is 0 Å². The minimum atomic E-state index is 0.144. The Kier molecular flexibility index (Phi) is 4.74. The van der Waals surface area contributed by atoms with Crippen LogP contribution in [0.15, 0.2) is 12.5 Å². The highest BCUT2D eigenvalue weighted by molar-refractivity contribution is 5.04. The number of hydrogen-bond acceptors (Lipinski definition) is 4. The third-order valence-electron chi connectivity index (χ3n) is 3.58. The Hall–Kier alpha value is -0.910. The van der Waals surface area contributed by atoms with E-state index in [0.717, 1.165) is 32.8 Å². The van der Waals surface area contributed by atoms with Crippen LogP contribution in [0.1, 0.15) is 25.6 Å². The van der Waals surface area contributed by atoms with E-state index in [0.29, 0.717) is 6.04 Å². The maximum absolute atomic E-state index is 5.78. The summed E-state index contributed by atoms with van der Waals surface area (Å²) in [5.74, 6) is 0. The van der Waals surface area contributed by atoms with Crippen LogP contribution in [0.3, 0.4) is 0 Å². The molecule has 0 spiro atoms. The molecule has 1 unspecified atom stereocenters. The van der Waals surface area contributed by atoms with Crippen molar-refractivity contribution in [2.75, 3.05) is 33.3 Å². The van der Waals surface area contributed by atoms with Crippen molar-refractivity contribution in [3.05, 3.63) is 18.2 Å². The maximum atomic E-state index is 5.78. The fourth-order valence-corrected chi connectivity index (χ4v) is 2.06. The smallest absolute Gasteiger partial charge is 0.111 e. The SMILES string of the molecule is CC(C)N(C)CCn1cncc1C1CNCCO1. The lowest BCUT2D eigenvalue weighted by atomic mass is 10.2. The van der Waals surface area contributed by atoms with Crippen molar-refractivity contribution in [1.29, 1.82) is 0 Å². The molecular formula is C13H24N4O. The Labute approximate surface area is 109 Å². The van der Waals surface area contributed by atoms with Gasteiger partial charge < -0.3 is 19.5 Å². The molecular weight excluding hydrogens is 228 g/mol. The summed E-state index contributed by atoms with van der Waals surface area (Å²) >= 11 is 0. The second-order valence-electron chi connectivity index (χ2n) is 5.15. The van der Waals surface area contributed by atoms with Crippen molar-refractivity contribution >= 4 is 0 Å². The molecule has 1 saturated heterocycles. The molecule has 1 atom stereocenters. The summed E-state index contributed by atoms with van der Waals surface area (Å²) < 4.78 is 7.99. The predicted molar refractivity (Wildman–Crippen MR) is 71.6 cm³/mol. The van der Waals surface area contributed by atoms with Gasteiger partial charge in [-0.1, -0.05) is 0 Å². The summed E-state index contributed by atoms with van der Waals surface area (Å²) in [7, 11) is 2.15. The van der Waals surface area contributed by atoms with E-state index in [1.54, 1.807) is 0 Å². The molecule has 1 aliphatic heterocycles. The van der Waals surface area contributed by atoms with Gasteiger partial charge in [0.25, 0.3) is 0 Å². The monoisotopic (exact) mass is 252 g/mol. The fourth-order valence-electron chi connectivity index (χ4n) is 2.06. The van der Waals surface area contributed by atoms with Crippen LogP contribution in [0.5, 0.6) is 0 Å². The highest BCUT2D eigenvalue weighted by Gasteiger charge is 2.19. The van der Waals surface area contributed by atoms with Crippen molar-refractivity contribution in [3.8, 4) is 0 Å². The first kappa shape index (κ1) is 13.5. The standard InChI is InChI=1S/C13H24N4O/c1-11(2)16(3)5-6-17-10-15-8-12(17)13-9-14-4-7-18-13/h8,10-11,13-14H,4-7,9H2,1-3H3. The molecule has 0 aromatic carbocycles. The molecule has 1 aromatic heterocycles. The van der Waals surface area contributed by atoms with Gasteiger partial charge in [-0.2, -0.15) is 0 Å². The minimum Gasteiger partial charge on any atom is -0.369 e. The van der Waals surface area contributed by atoms with Crippen molar-refractivity contribution in [3.63, 3.8) is 0 Å². The number of nitrogens with one attached hydrogen (secondary N) is 1. The summed E-state index contributed by atoms with van der Waals surface area (Å²) in [5, 5.41) is 3.36. The zero-order valence-corrected chi connectivity index (χ0v) is 11.6. The fraction of sp³-hybridized carbons (Fsp3) is 0.769. The van der Waals surface area contributed by atoms with Gasteiger partial charge in [-0.15, -0.1) is 0 Å². The number of nitrogens with zero attached hydrogens (tertiary/aromatic N) is 3. The molecule has 5 heteroatoms. The van der Waals surface area contributed by atoms with Crippen molar-refractivity contribution in [2.24, 2.45) is 0 Å². The number of morpholine rings is 1. The Morgan fingerprint density at radius 2 is 2.44 bits per heavy atom. The third-order valence-corrected chi connectivity index (χ3v) is 3.58. The molecule has 0 saturated carbocycles. The van der Waals surface area contributed by atoms with Gasteiger partial charge in [-0.05, 0) is 20.9 Å². The number of imidazole rings is 1. The van der Waals surface area contributed by atoms with Gasteiger partial charge in [0.1, 0.15) is 6.10 Å². The van der Waals surface area contributed by atoms with E-state index >= 15 is 0 Å². The van der Waals surface area contributed by atoms with Crippen LogP contribution in [0.2, 0.25) is 0 Å². The number of ether oxygens (including phenoxy) is 1. The van der Waals surface area contributed by atoms with Gasteiger partial charge in [0.05, 0.1) is 24.8 Å². The van der Waals surface area contributed by atoms with Crippen molar-refractivity contribution in [1.82, 2.24) is 19.8 Å². The second kappa shape index (κ2) is 6.31. The number of rotatable bonds is 5. The van der Waals surface area contributed by atoms with Gasteiger partial charge in [-0.3, -0.25) is 0 Å². The zero-order chi connectivity index (χ0) is 13.0. The lowest BCUT2D eigenvalue weighted by molar-refractivity contribution is 0.0225. The molecule has 2 rings (SSSR count). The molecule has 1 aromatic rings. The van der Waals surface area contributed by atoms with Crippen LogP contribution in [0.25, 0.3) is 0 Å². The van der Waals surface area contributed by atoms with Crippen LogP contribution >= 0.6 is 0 Å². The molecule has 0 radical (unpaired) electrons. The van der Waals surface area contributed by atoms with E-state index in [-0.39, 0.29) is 6.10 Å². The zero-order valence-electron chi connectivity index (χ0n) is 11.6. The summed E-state index contributed by atoms with van der Waals surface area (Å²) in [6.07, 6.45) is 3.97. The third kappa shape index (κ3) is 3.31. The highest BCUT2D eigenvalue weighted by Crippen LogP contribution is 2.18. The molecule has 0 aliphatic carbocycles. The lowest BCUT2D eigenvalue weighted by Crippen LogP contribution is -2.35. The average molecular weight is 252 g/mol. The Balaban J connectivity index is 1.94. The van der Waals surface area contributed by atoms with Crippen LogP contribution in [-0.4, -0.2) is 53.8 Å². The van der Waals surface area contributed by atoms with Crippen molar-refractivity contribution in [2.45, 2.75) is 32.5 Å². The number of aromatic nitrogens is 2. The molecule has 102 valence electrons. The average Bonchev–Trinajstić information content (AvgIpc) is 2.85. The number of hydrogen-bond donors (Lipinski definition) is 1. The van der Waals surface area contributed by atoms with Crippen molar-refractivity contribution < 1.29 is 4.74 Å². The van der Waals surface area contributed by atoms with E-state index in [2.05, 4.69) is 40.7 Å². The highest BCUT2D eigenvalue weighted by atomic mass is 16.5. The van der Waals surface area contributed by atoms with Crippen LogP contribution in [-0.2, 0) is 11.3 Å². The topological polar surface area (TPSA) is 42.3 Å². The summed E-state index contributed by atoms with van der Waals surface area (Å²) in [4.78, 5) is 6.59. The molecule has 1 aliphatic rings. The first-order chi connectivity index (χ1) is 8.68. The second-order valence-corrected chi connectivity index (χ2v) is 5.15. The minimum absolute atomic E-state index is 0.144. The Morgan fingerprint density at radius 3 is 3.11 bits per heavy atom. The normalized spacial score (nSPS) is 20.8. The van der Waals surface area contributed by atoms with E-state index in [4.69, 9.17) is 4.74 Å². The molecule has 2 heterocycles. The van der Waals surface area contributed by atoms with E-state index in [1.807, 2.05) is 12.5 Å². The molecule has 5 nitrogen and oxygen atoms in total. The summed E-state index contributed by atoms with van der Waals surface area (Å²) in [6, 6.07) is 0.574. The van der Waals surface area contributed by atoms with Gasteiger partial charge in [0.2, 0.25) is 0 Å². The molecule has 18 heavy (non-hydrogen) atoms. The molecule has 1 N–H and O–H groups in total. The van der Waals surface area contributed by atoms with E-state index < -0.39 is 0 Å². The van der Waals surface area contributed by atoms with Gasteiger partial charge in [0.15, 0.2) is 0 Å². The van der Waals surface area contributed by atoms with Crippen LogP contribution in [0, 0.1) is 0 Å². The molecule has 1 fully saturated rings. The summed E-state index contributed by atoms with van der Waals surface area (Å²) in [5.41, 5.74) is 1.18. The largest absolute Gasteiger partial charge is 0.369 e. The number of likely N-dealkylation sites (N-methyl/N-ethyl adjacent to an activating group) is 1. The lowest BCUT2D eigenvalue weighted by Gasteiger charge is -2.26. The summed E-state index contributed by atoms with van der Waals surface area (Å²) in [6.45, 7) is 9.02. The van der Waals surface area contributed by atoms with Crippen LogP contribution < -0.4 is 5.32 Å². The van der Waals surface area contributed by atoms with E-state index in [1.165, 1.54) is 5.69 Å². The van der Waals surface area contributed by atoms with E-state index in [9.17, 15) is 0 Å².